The highest BCUT2D eigenvalue weighted by atomic mass is 35.5. The molecule has 5 heteroatoms. The quantitative estimate of drug-likeness (QED) is 0.739. The summed E-state index contributed by atoms with van der Waals surface area (Å²) in [6.45, 7) is 5.08. The van der Waals surface area contributed by atoms with Crippen LogP contribution in [-0.4, -0.2) is 24.3 Å². The maximum atomic E-state index is 5.89. The van der Waals surface area contributed by atoms with Gasteiger partial charge in [-0.1, -0.05) is 11.6 Å². The van der Waals surface area contributed by atoms with Crippen molar-refractivity contribution in [2.45, 2.75) is 25.8 Å². The molecule has 0 aliphatic heterocycles. The Balaban J connectivity index is 2.59. The Morgan fingerprint density at radius 3 is 2.81 bits per heavy atom. The first-order chi connectivity index (χ1) is 7.67. The van der Waals surface area contributed by atoms with Crippen LogP contribution in [0.25, 0.3) is 0 Å². The van der Waals surface area contributed by atoms with E-state index in [4.69, 9.17) is 32.7 Å². The van der Waals surface area contributed by atoms with E-state index in [1.807, 2.05) is 13.8 Å². The molecule has 1 rings (SSSR count). The maximum Gasteiger partial charge on any atom is 0.213 e. The summed E-state index contributed by atoms with van der Waals surface area (Å²) in [5, 5.41) is 0.555. The van der Waals surface area contributed by atoms with Crippen molar-refractivity contribution in [1.82, 2.24) is 4.98 Å². The Labute approximate surface area is 106 Å². The minimum absolute atomic E-state index is 0.0446. The van der Waals surface area contributed by atoms with Crippen LogP contribution in [0.5, 0.6) is 5.88 Å². The largest absolute Gasteiger partial charge is 0.472 e. The summed E-state index contributed by atoms with van der Waals surface area (Å²) >= 11 is 11.6. The maximum absolute atomic E-state index is 5.89. The fourth-order valence-corrected chi connectivity index (χ4v) is 1.59. The van der Waals surface area contributed by atoms with Crippen LogP contribution in [0.4, 0.5) is 0 Å². The molecule has 16 heavy (non-hydrogen) atoms. The van der Waals surface area contributed by atoms with Crippen LogP contribution in [0.15, 0.2) is 12.1 Å². The first-order valence-electron chi connectivity index (χ1n) is 5.13. The van der Waals surface area contributed by atoms with E-state index < -0.39 is 0 Å². The average Bonchev–Trinajstić information content (AvgIpc) is 2.29. The Kier molecular flexibility index (Phi) is 5.88. The molecule has 0 fully saturated rings. The summed E-state index contributed by atoms with van der Waals surface area (Å²) < 4.78 is 10.8. The molecule has 1 aromatic rings. The highest BCUT2D eigenvalue weighted by Crippen LogP contribution is 2.20. The lowest BCUT2D eigenvalue weighted by Crippen LogP contribution is -2.19. The lowest BCUT2D eigenvalue weighted by atomic mass is 10.3. The molecule has 3 nitrogen and oxygen atoms in total. The van der Waals surface area contributed by atoms with Crippen LogP contribution in [0, 0.1) is 0 Å². The first-order valence-corrected chi connectivity index (χ1v) is 6.04. The second-order valence-electron chi connectivity index (χ2n) is 3.30. The van der Waals surface area contributed by atoms with E-state index in [0.29, 0.717) is 29.8 Å². The van der Waals surface area contributed by atoms with Crippen LogP contribution in [0.3, 0.4) is 0 Å². The van der Waals surface area contributed by atoms with Crippen molar-refractivity contribution in [3.63, 3.8) is 0 Å². The number of alkyl halides is 1. The summed E-state index contributed by atoms with van der Waals surface area (Å²) in [4.78, 5) is 4.20. The SMILES string of the molecule is CCOCC(C)Oc1ccc(Cl)c(CCl)n1. The molecule has 0 N–H and O–H groups in total. The molecule has 1 aromatic heterocycles. The summed E-state index contributed by atoms with van der Waals surface area (Å²) in [7, 11) is 0. The monoisotopic (exact) mass is 263 g/mol. The number of ether oxygens (including phenoxy) is 2. The van der Waals surface area contributed by atoms with Crippen LogP contribution < -0.4 is 4.74 Å². The number of hydrogen-bond acceptors (Lipinski definition) is 3. The smallest absolute Gasteiger partial charge is 0.213 e. The highest BCUT2D eigenvalue weighted by Gasteiger charge is 2.07. The number of pyridine rings is 1. The Hall–Kier alpha value is -0.510. The molecule has 0 bridgehead atoms. The summed E-state index contributed by atoms with van der Waals surface area (Å²) in [5.41, 5.74) is 0.629. The fourth-order valence-electron chi connectivity index (χ4n) is 1.15. The predicted molar refractivity (Wildman–Crippen MR) is 65.4 cm³/mol. The molecule has 0 saturated heterocycles. The van der Waals surface area contributed by atoms with Gasteiger partial charge in [-0.05, 0) is 19.9 Å². The van der Waals surface area contributed by atoms with E-state index in [1.165, 1.54) is 0 Å². The van der Waals surface area contributed by atoms with Gasteiger partial charge in [-0.15, -0.1) is 11.6 Å². The molecular formula is C11H15Cl2NO2. The van der Waals surface area contributed by atoms with Crippen molar-refractivity contribution >= 4 is 23.2 Å². The minimum Gasteiger partial charge on any atom is -0.472 e. The van der Waals surface area contributed by atoms with Gasteiger partial charge in [0.25, 0.3) is 0 Å². The topological polar surface area (TPSA) is 31.4 Å². The molecular weight excluding hydrogens is 249 g/mol. The first kappa shape index (κ1) is 13.6. The molecule has 0 radical (unpaired) electrons. The van der Waals surface area contributed by atoms with Crippen molar-refractivity contribution in [2.75, 3.05) is 13.2 Å². The van der Waals surface area contributed by atoms with Gasteiger partial charge in [0.2, 0.25) is 5.88 Å². The molecule has 0 amide bonds. The van der Waals surface area contributed by atoms with E-state index in [1.54, 1.807) is 12.1 Å². The molecule has 1 heterocycles. The van der Waals surface area contributed by atoms with E-state index in [0.717, 1.165) is 0 Å². The van der Waals surface area contributed by atoms with Crippen molar-refractivity contribution in [1.29, 1.82) is 0 Å². The minimum atomic E-state index is -0.0446. The van der Waals surface area contributed by atoms with Gasteiger partial charge in [0, 0.05) is 12.7 Å². The Morgan fingerprint density at radius 2 is 2.19 bits per heavy atom. The second kappa shape index (κ2) is 6.94. The van der Waals surface area contributed by atoms with E-state index in [9.17, 15) is 0 Å². The molecule has 0 spiro atoms. The summed E-state index contributed by atoms with van der Waals surface area (Å²) in [5.74, 6) is 0.794. The van der Waals surface area contributed by atoms with Gasteiger partial charge in [-0.25, -0.2) is 4.98 Å². The van der Waals surface area contributed by atoms with Gasteiger partial charge in [-0.2, -0.15) is 0 Å². The zero-order valence-electron chi connectivity index (χ0n) is 9.37. The van der Waals surface area contributed by atoms with Gasteiger partial charge in [0.1, 0.15) is 6.10 Å². The zero-order chi connectivity index (χ0) is 12.0. The van der Waals surface area contributed by atoms with E-state index in [2.05, 4.69) is 4.98 Å². The van der Waals surface area contributed by atoms with Crippen LogP contribution >= 0.6 is 23.2 Å². The van der Waals surface area contributed by atoms with Crippen LogP contribution in [0.1, 0.15) is 19.5 Å². The van der Waals surface area contributed by atoms with Gasteiger partial charge < -0.3 is 9.47 Å². The fraction of sp³-hybridized carbons (Fsp3) is 0.545. The number of halogens is 2. The number of rotatable bonds is 6. The molecule has 90 valence electrons. The third-order valence-electron chi connectivity index (χ3n) is 1.90. The molecule has 0 aliphatic carbocycles. The average molecular weight is 264 g/mol. The Morgan fingerprint density at radius 1 is 1.44 bits per heavy atom. The van der Waals surface area contributed by atoms with Gasteiger partial charge in [0.15, 0.2) is 0 Å². The lowest BCUT2D eigenvalue weighted by Gasteiger charge is -2.14. The summed E-state index contributed by atoms with van der Waals surface area (Å²) in [6.07, 6.45) is -0.0446. The van der Waals surface area contributed by atoms with E-state index in [-0.39, 0.29) is 12.0 Å². The van der Waals surface area contributed by atoms with Gasteiger partial charge >= 0.3 is 0 Å². The van der Waals surface area contributed by atoms with Crippen molar-refractivity contribution in [2.24, 2.45) is 0 Å². The van der Waals surface area contributed by atoms with Crippen LogP contribution in [0.2, 0.25) is 5.02 Å². The third kappa shape index (κ3) is 4.16. The summed E-state index contributed by atoms with van der Waals surface area (Å²) in [6, 6.07) is 3.45. The predicted octanol–water partition coefficient (Wildman–Crippen LogP) is 3.28. The van der Waals surface area contributed by atoms with Gasteiger partial charge in [-0.3, -0.25) is 0 Å². The molecule has 1 atom stereocenters. The standard InChI is InChI=1S/C11H15Cl2NO2/c1-3-15-7-8(2)16-11-5-4-9(13)10(6-12)14-11/h4-5,8H,3,6-7H2,1-2H3. The number of aromatic nitrogens is 1. The normalized spacial score (nSPS) is 12.5. The Bertz CT molecular complexity index is 334. The molecule has 0 aromatic carbocycles. The van der Waals surface area contributed by atoms with Crippen molar-refractivity contribution in [3.05, 3.63) is 22.8 Å². The van der Waals surface area contributed by atoms with Gasteiger partial charge in [0.05, 0.1) is 23.2 Å². The molecule has 0 aliphatic rings. The highest BCUT2D eigenvalue weighted by molar-refractivity contribution is 6.32. The van der Waals surface area contributed by atoms with Crippen LogP contribution in [-0.2, 0) is 10.6 Å². The second-order valence-corrected chi connectivity index (χ2v) is 3.97. The number of hydrogen-bond donors (Lipinski definition) is 0. The third-order valence-corrected chi connectivity index (χ3v) is 2.50. The number of nitrogens with zero attached hydrogens (tertiary/aromatic N) is 1. The molecule has 0 saturated carbocycles. The molecule has 1 unspecified atom stereocenters. The van der Waals surface area contributed by atoms with E-state index >= 15 is 0 Å². The van der Waals surface area contributed by atoms with Crippen molar-refractivity contribution < 1.29 is 9.47 Å². The van der Waals surface area contributed by atoms with Crippen molar-refractivity contribution in [3.8, 4) is 5.88 Å². The lowest BCUT2D eigenvalue weighted by molar-refractivity contribution is 0.0633. The zero-order valence-corrected chi connectivity index (χ0v) is 10.9.